The Bertz CT molecular complexity index is 191. The van der Waals surface area contributed by atoms with Gasteiger partial charge in [0.1, 0.15) is 0 Å². The lowest BCUT2D eigenvalue weighted by molar-refractivity contribution is 0.361. The van der Waals surface area contributed by atoms with Crippen LogP contribution in [-0.4, -0.2) is 18.1 Å². The topological polar surface area (TPSA) is 38.0 Å². The van der Waals surface area contributed by atoms with Gasteiger partial charge in [-0.1, -0.05) is 13.8 Å². The number of nitrogens with two attached hydrogens (primary N) is 1. The Balaban J connectivity index is 2.07. The Morgan fingerprint density at radius 2 is 2.07 bits per heavy atom. The van der Waals surface area contributed by atoms with Crippen LogP contribution >= 0.6 is 0 Å². The normalized spacial score (nSPS) is 25.8. The predicted molar refractivity (Wildman–Crippen MR) is 66.9 cm³/mol. The maximum atomic E-state index is 5.95. The van der Waals surface area contributed by atoms with Gasteiger partial charge in [0.2, 0.25) is 0 Å². The molecule has 0 radical (unpaired) electrons. The van der Waals surface area contributed by atoms with Crippen LogP contribution in [0, 0.1) is 5.41 Å². The molecule has 1 unspecified atom stereocenters. The van der Waals surface area contributed by atoms with Crippen LogP contribution in [0.1, 0.15) is 59.8 Å². The molecule has 15 heavy (non-hydrogen) atoms. The van der Waals surface area contributed by atoms with Gasteiger partial charge in [0.15, 0.2) is 0 Å². The van der Waals surface area contributed by atoms with Gasteiger partial charge >= 0.3 is 0 Å². The van der Waals surface area contributed by atoms with Crippen molar-refractivity contribution in [2.45, 2.75) is 71.4 Å². The van der Waals surface area contributed by atoms with Crippen LogP contribution < -0.4 is 11.1 Å². The van der Waals surface area contributed by atoms with Gasteiger partial charge in [0.05, 0.1) is 0 Å². The average Bonchev–Trinajstić information content (AvgIpc) is 2.38. The maximum Gasteiger partial charge on any atom is 0.00975 e. The molecule has 1 fully saturated rings. The lowest BCUT2D eigenvalue weighted by Gasteiger charge is -2.20. The summed E-state index contributed by atoms with van der Waals surface area (Å²) in [6.45, 7) is 10.1. The number of hydrogen-bond donors (Lipinski definition) is 2. The third kappa shape index (κ3) is 5.53. The van der Waals surface area contributed by atoms with Gasteiger partial charge in [0.25, 0.3) is 0 Å². The fourth-order valence-corrected chi connectivity index (χ4v) is 2.46. The minimum atomic E-state index is -0.00335. The van der Waals surface area contributed by atoms with Gasteiger partial charge in [-0.2, -0.15) is 0 Å². The molecular formula is C13H28N2. The quantitative estimate of drug-likeness (QED) is 0.688. The second-order valence-electron chi connectivity index (χ2n) is 6.65. The van der Waals surface area contributed by atoms with Crippen LogP contribution in [-0.2, 0) is 0 Å². The minimum Gasteiger partial charge on any atom is -0.326 e. The minimum absolute atomic E-state index is 0.00335. The van der Waals surface area contributed by atoms with E-state index in [1.807, 2.05) is 0 Å². The van der Waals surface area contributed by atoms with Crippen molar-refractivity contribution in [2.24, 2.45) is 11.1 Å². The third-order valence-electron chi connectivity index (χ3n) is 3.40. The monoisotopic (exact) mass is 212 g/mol. The smallest absolute Gasteiger partial charge is 0.00975 e. The zero-order valence-corrected chi connectivity index (χ0v) is 10.9. The van der Waals surface area contributed by atoms with Crippen molar-refractivity contribution < 1.29 is 0 Å². The van der Waals surface area contributed by atoms with Crippen molar-refractivity contribution in [1.29, 1.82) is 0 Å². The summed E-state index contributed by atoms with van der Waals surface area (Å²) >= 11 is 0. The molecule has 0 saturated heterocycles. The van der Waals surface area contributed by atoms with Crippen molar-refractivity contribution in [2.75, 3.05) is 6.54 Å². The third-order valence-corrected chi connectivity index (χ3v) is 3.40. The molecule has 0 aromatic rings. The molecule has 0 heterocycles. The number of nitrogens with one attached hydrogen (secondary N) is 1. The Labute approximate surface area is 95.0 Å². The van der Waals surface area contributed by atoms with Crippen molar-refractivity contribution in [3.05, 3.63) is 0 Å². The fraction of sp³-hybridized carbons (Fsp3) is 1.00. The van der Waals surface area contributed by atoms with E-state index in [1.54, 1.807) is 0 Å². The van der Waals surface area contributed by atoms with Crippen LogP contribution in [0.25, 0.3) is 0 Å². The summed E-state index contributed by atoms with van der Waals surface area (Å²) in [5.41, 5.74) is 6.50. The first-order valence-corrected chi connectivity index (χ1v) is 6.31. The van der Waals surface area contributed by atoms with E-state index in [2.05, 4.69) is 33.0 Å². The Morgan fingerprint density at radius 1 is 1.40 bits per heavy atom. The second kappa shape index (κ2) is 4.84. The van der Waals surface area contributed by atoms with Crippen LogP contribution in [0.15, 0.2) is 0 Å². The molecule has 1 atom stereocenters. The zero-order chi connectivity index (χ0) is 11.5. The molecule has 1 aliphatic carbocycles. The summed E-state index contributed by atoms with van der Waals surface area (Å²) in [6.07, 6.45) is 6.35. The summed E-state index contributed by atoms with van der Waals surface area (Å²) in [7, 11) is 0. The first-order chi connectivity index (χ1) is 6.79. The van der Waals surface area contributed by atoms with Gasteiger partial charge in [-0.05, 0) is 57.9 Å². The number of hydrogen-bond acceptors (Lipinski definition) is 2. The second-order valence-corrected chi connectivity index (χ2v) is 6.65. The molecule has 0 aromatic carbocycles. The molecule has 0 aliphatic heterocycles. The van der Waals surface area contributed by atoms with Gasteiger partial charge < -0.3 is 11.1 Å². The van der Waals surface area contributed by atoms with Gasteiger partial charge in [-0.15, -0.1) is 0 Å². The lowest BCUT2D eigenvalue weighted by atomic mass is 9.92. The van der Waals surface area contributed by atoms with Crippen LogP contribution in [0.3, 0.4) is 0 Å². The van der Waals surface area contributed by atoms with Crippen molar-refractivity contribution in [3.63, 3.8) is 0 Å². The van der Waals surface area contributed by atoms with E-state index < -0.39 is 0 Å². The highest BCUT2D eigenvalue weighted by Crippen LogP contribution is 2.36. The molecule has 0 spiro atoms. The van der Waals surface area contributed by atoms with Crippen molar-refractivity contribution in [1.82, 2.24) is 5.32 Å². The zero-order valence-electron chi connectivity index (χ0n) is 10.9. The van der Waals surface area contributed by atoms with E-state index in [0.29, 0.717) is 5.41 Å². The fourth-order valence-electron chi connectivity index (χ4n) is 2.46. The lowest BCUT2D eigenvalue weighted by Crippen LogP contribution is -2.34. The van der Waals surface area contributed by atoms with Gasteiger partial charge in [-0.25, -0.2) is 0 Å². The van der Waals surface area contributed by atoms with E-state index >= 15 is 0 Å². The van der Waals surface area contributed by atoms with E-state index in [-0.39, 0.29) is 5.54 Å². The number of rotatable bonds is 5. The van der Waals surface area contributed by atoms with Crippen molar-refractivity contribution in [3.8, 4) is 0 Å². The molecule has 0 bridgehead atoms. The van der Waals surface area contributed by atoms with E-state index in [9.17, 15) is 0 Å². The summed E-state index contributed by atoms with van der Waals surface area (Å²) in [6, 6.07) is 0.751. The van der Waals surface area contributed by atoms with Gasteiger partial charge in [0, 0.05) is 11.6 Å². The summed E-state index contributed by atoms with van der Waals surface area (Å²) in [5.74, 6) is 0. The van der Waals surface area contributed by atoms with Crippen LogP contribution in [0.5, 0.6) is 0 Å². The molecule has 3 N–H and O–H groups in total. The molecule has 0 aromatic heterocycles. The SMILES string of the molecule is CC(C)(N)CCCNC1CCC(C)(C)C1. The van der Waals surface area contributed by atoms with Crippen LogP contribution in [0.4, 0.5) is 0 Å². The Hall–Kier alpha value is -0.0800. The van der Waals surface area contributed by atoms with E-state index in [1.165, 1.54) is 25.7 Å². The highest BCUT2D eigenvalue weighted by Gasteiger charge is 2.30. The maximum absolute atomic E-state index is 5.95. The molecule has 2 heteroatoms. The van der Waals surface area contributed by atoms with E-state index in [0.717, 1.165) is 19.0 Å². The summed E-state index contributed by atoms with van der Waals surface area (Å²) < 4.78 is 0. The standard InChI is InChI=1S/C13H28N2/c1-12(2)8-6-11(10-12)15-9-5-7-13(3,4)14/h11,15H,5-10,14H2,1-4H3. The Morgan fingerprint density at radius 3 is 2.53 bits per heavy atom. The highest BCUT2D eigenvalue weighted by atomic mass is 14.9. The predicted octanol–water partition coefficient (Wildman–Crippen LogP) is 2.67. The first-order valence-electron chi connectivity index (χ1n) is 6.31. The van der Waals surface area contributed by atoms with Gasteiger partial charge in [-0.3, -0.25) is 0 Å². The molecule has 0 amide bonds. The molecule has 2 nitrogen and oxygen atoms in total. The molecule has 1 aliphatic rings. The molecule has 1 saturated carbocycles. The van der Waals surface area contributed by atoms with E-state index in [4.69, 9.17) is 5.73 Å². The molecule has 1 rings (SSSR count). The van der Waals surface area contributed by atoms with Crippen LogP contribution in [0.2, 0.25) is 0 Å². The summed E-state index contributed by atoms with van der Waals surface area (Å²) in [4.78, 5) is 0. The summed E-state index contributed by atoms with van der Waals surface area (Å²) in [5, 5.41) is 3.65. The Kier molecular flexibility index (Phi) is 4.19. The highest BCUT2D eigenvalue weighted by molar-refractivity contribution is 4.86. The van der Waals surface area contributed by atoms with Crippen molar-refractivity contribution >= 4 is 0 Å². The first kappa shape index (κ1) is 13.0. The molecule has 90 valence electrons. The molecular weight excluding hydrogens is 184 g/mol. The largest absolute Gasteiger partial charge is 0.326 e. The average molecular weight is 212 g/mol.